The van der Waals surface area contributed by atoms with Crippen molar-refractivity contribution in [2.45, 2.75) is 41.1 Å². The standard InChI is InChI=1S/C26H28BrN3O4S/c1-14-7-6-8-15(2)20(14)29-24(33)22-26-13-17(27)21(35-26)18(19(26)25(34)30(22)11-12-31)23(32)28-16-9-4-3-5-10-16/h3-10,17-19,21-22,31H,11-13H2,1-2H3,(H,28,32)(H,29,33)/t17?,18-,19-,21-,22?,26?/m0/s1. The van der Waals surface area contributed by atoms with Crippen LogP contribution in [0.2, 0.25) is 0 Å². The molecule has 3 amide bonds. The smallest absolute Gasteiger partial charge is 0.248 e. The molecule has 3 fully saturated rings. The van der Waals surface area contributed by atoms with E-state index in [0.717, 1.165) is 16.8 Å². The largest absolute Gasteiger partial charge is 0.395 e. The summed E-state index contributed by atoms with van der Waals surface area (Å²) in [5.74, 6) is -1.93. The van der Waals surface area contributed by atoms with Gasteiger partial charge in [0.2, 0.25) is 17.7 Å². The van der Waals surface area contributed by atoms with Crippen molar-refractivity contribution in [3.8, 4) is 0 Å². The molecule has 9 heteroatoms. The predicted molar refractivity (Wildman–Crippen MR) is 141 cm³/mol. The quantitative estimate of drug-likeness (QED) is 0.473. The van der Waals surface area contributed by atoms with Crippen LogP contribution in [0.15, 0.2) is 48.5 Å². The molecule has 35 heavy (non-hydrogen) atoms. The molecule has 3 aliphatic heterocycles. The fourth-order valence-corrected chi connectivity index (χ4v) is 9.64. The molecule has 2 aromatic carbocycles. The second-order valence-electron chi connectivity index (χ2n) is 9.53. The number of carbonyl (C=O) groups is 3. The Labute approximate surface area is 217 Å². The van der Waals surface area contributed by atoms with Gasteiger partial charge in [0.05, 0.1) is 23.2 Å². The number of rotatable bonds is 6. The molecule has 3 unspecified atom stereocenters. The number of para-hydroxylation sites is 2. The minimum absolute atomic E-state index is 0.00681. The molecular formula is C26H28BrN3O4S. The van der Waals surface area contributed by atoms with Gasteiger partial charge in [-0.2, -0.15) is 0 Å². The lowest BCUT2D eigenvalue weighted by molar-refractivity contribution is -0.138. The number of hydrogen-bond donors (Lipinski definition) is 3. The van der Waals surface area contributed by atoms with Crippen LogP contribution in [0.25, 0.3) is 0 Å². The molecule has 3 heterocycles. The van der Waals surface area contributed by atoms with E-state index >= 15 is 0 Å². The number of carbonyl (C=O) groups excluding carboxylic acids is 3. The molecule has 0 aliphatic carbocycles. The van der Waals surface area contributed by atoms with E-state index in [1.54, 1.807) is 11.8 Å². The highest BCUT2D eigenvalue weighted by Gasteiger charge is 2.75. The molecule has 0 radical (unpaired) electrons. The first-order valence-corrected chi connectivity index (χ1v) is 13.5. The number of benzene rings is 2. The third kappa shape index (κ3) is 3.88. The third-order valence-corrected chi connectivity index (χ3v) is 10.7. The van der Waals surface area contributed by atoms with Gasteiger partial charge in [0.15, 0.2) is 0 Å². The van der Waals surface area contributed by atoms with Gasteiger partial charge in [-0.05, 0) is 43.5 Å². The summed E-state index contributed by atoms with van der Waals surface area (Å²) in [5, 5.41) is 15.7. The summed E-state index contributed by atoms with van der Waals surface area (Å²) < 4.78 is -0.746. The zero-order chi connectivity index (χ0) is 24.9. The number of thioether (sulfide) groups is 1. The summed E-state index contributed by atoms with van der Waals surface area (Å²) in [6, 6.07) is 14.2. The predicted octanol–water partition coefficient (Wildman–Crippen LogP) is 3.34. The van der Waals surface area contributed by atoms with Gasteiger partial charge in [-0.15, -0.1) is 11.8 Å². The van der Waals surface area contributed by atoms with Gasteiger partial charge in [-0.1, -0.05) is 52.3 Å². The Morgan fingerprint density at radius 1 is 1.09 bits per heavy atom. The monoisotopic (exact) mass is 557 g/mol. The van der Waals surface area contributed by atoms with Gasteiger partial charge in [-0.3, -0.25) is 14.4 Å². The molecule has 7 nitrogen and oxygen atoms in total. The molecule has 0 saturated carbocycles. The van der Waals surface area contributed by atoms with Crippen LogP contribution in [0.3, 0.4) is 0 Å². The average molecular weight is 558 g/mol. The van der Waals surface area contributed by atoms with Crippen molar-refractivity contribution >= 4 is 56.8 Å². The van der Waals surface area contributed by atoms with Gasteiger partial charge in [-0.25, -0.2) is 0 Å². The maximum Gasteiger partial charge on any atom is 0.248 e. The number of hydrogen-bond acceptors (Lipinski definition) is 5. The number of alkyl halides is 1. The van der Waals surface area contributed by atoms with Crippen LogP contribution in [0.1, 0.15) is 17.5 Å². The lowest BCUT2D eigenvalue weighted by atomic mass is 9.70. The van der Waals surface area contributed by atoms with Crippen LogP contribution in [0, 0.1) is 25.7 Å². The van der Waals surface area contributed by atoms with Crippen molar-refractivity contribution in [1.29, 1.82) is 0 Å². The van der Waals surface area contributed by atoms with Gasteiger partial charge in [0, 0.05) is 28.0 Å². The number of aryl methyl sites for hydroxylation is 2. The van der Waals surface area contributed by atoms with E-state index in [2.05, 4.69) is 26.6 Å². The van der Waals surface area contributed by atoms with Crippen LogP contribution in [0.4, 0.5) is 11.4 Å². The molecular weight excluding hydrogens is 530 g/mol. The lowest BCUT2D eigenvalue weighted by Gasteiger charge is -2.35. The van der Waals surface area contributed by atoms with E-state index in [1.807, 2.05) is 62.4 Å². The number of nitrogens with one attached hydrogen (secondary N) is 2. The normalized spacial score (nSPS) is 30.9. The molecule has 6 atom stereocenters. The van der Waals surface area contributed by atoms with E-state index in [9.17, 15) is 19.5 Å². The molecule has 2 bridgehead atoms. The first-order valence-electron chi connectivity index (χ1n) is 11.7. The zero-order valence-corrected chi connectivity index (χ0v) is 21.9. The van der Waals surface area contributed by atoms with Crippen molar-refractivity contribution in [1.82, 2.24) is 4.90 Å². The highest BCUT2D eigenvalue weighted by atomic mass is 79.9. The molecule has 3 saturated heterocycles. The first kappa shape index (κ1) is 24.3. The number of anilines is 2. The van der Waals surface area contributed by atoms with E-state index in [4.69, 9.17) is 0 Å². The molecule has 2 aromatic rings. The number of amides is 3. The summed E-state index contributed by atoms with van der Waals surface area (Å²) in [4.78, 5) is 42.6. The lowest BCUT2D eigenvalue weighted by Crippen LogP contribution is -2.53. The maximum absolute atomic E-state index is 13.8. The Morgan fingerprint density at radius 3 is 2.43 bits per heavy atom. The van der Waals surface area contributed by atoms with Gasteiger partial charge in [0.1, 0.15) is 6.04 Å². The van der Waals surface area contributed by atoms with E-state index in [-0.39, 0.29) is 41.0 Å². The van der Waals surface area contributed by atoms with Crippen LogP contribution < -0.4 is 10.6 Å². The minimum atomic E-state index is -0.782. The third-order valence-electron chi connectivity index (χ3n) is 7.45. The molecule has 3 N–H and O–H groups in total. The average Bonchev–Trinajstić information content (AvgIpc) is 3.41. The van der Waals surface area contributed by atoms with E-state index < -0.39 is 22.6 Å². The topological polar surface area (TPSA) is 98.7 Å². The van der Waals surface area contributed by atoms with Crippen LogP contribution in [-0.4, -0.2) is 61.7 Å². The number of nitrogens with zero attached hydrogens (tertiary/aromatic N) is 1. The number of β-amino-alcohol motifs (C(OH)–C–C–N with tert-alkyl or cyclic N) is 1. The summed E-state index contributed by atoms with van der Waals surface area (Å²) in [7, 11) is 0. The summed E-state index contributed by atoms with van der Waals surface area (Å²) in [6.07, 6.45) is 0.598. The first-order chi connectivity index (χ1) is 16.8. The second kappa shape index (κ2) is 9.26. The highest BCUT2D eigenvalue weighted by Crippen LogP contribution is 2.67. The number of fused-ring (bicyclic) bond motifs is 1. The SMILES string of the molecule is Cc1cccc(C)c1NC(=O)C1N(CCO)C(=O)[C@@H]2[C@H](C(=O)Nc3ccccc3)[C@H]3SC12CC3Br. The van der Waals surface area contributed by atoms with Crippen molar-refractivity contribution in [3.05, 3.63) is 59.7 Å². The van der Waals surface area contributed by atoms with Crippen molar-refractivity contribution < 1.29 is 19.5 Å². The zero-order valence-electron chi connectivity index (χ0n) is 19.5. The number of aliphatic hydroxyl groups is 1. The molecule has 184 valence electrons. The number of aliphatic hydroxyl groups excluding tert-OH is 1. The summed E-state index contributed by atoms with van der Waals surface area (Å²) in [6.45, 7) is 3.66. The Bertz CT molecular complexity index is 1160. The summed E-state index contributed by atoms with van der Waals surface area (Å²) >= 11 is 5.34. The van der Waals surface area contributed by atoms with Crippen molar-refractivity contribution in [3.63, 3.8) is 0 Å². The Kier molecular flexibility index (Phi) is 6.44. The molecule has 3 aliphatic rings. The maximum atomic E-state index is 13.8. The summed E-state index contributed by atoms with van der Waals surface area (Å²) in [5.41, 5.74) is 3.28. The van der Waals surface area contributed by atoms with Crippen LogP contribution in [0.5, 0.6) is 0 Å². The fourth-order valence-electron chi connectivity index (χ4n) is 6.03. The number of likely N-dealkylation sites (tertiary alicyclic amines) is 1. The molecule has 1 spiro atoms. The van der Waals surface area contributed by atoms with Gasteiger partial charge in [0.25, 0.3) is 0 Å². The number of halogens is 1. The van der Waals surface area contributed by atoms with Gasteiger partial charge >= 0.3 is 0 Å². The van der Waals surface area contributed by atoms with Crippen molar-refractivity contribution in [2.75, 3.05) is 23.8 Å². The van der Waals surface area contributed by atoms with Crippen LogP contribution >= 0.6 is 27.7 Å². The van der Waals surface area contributed by atoms with E-state index in [0.29, 0.717) is 12.1 Å². The highest BCUT2D eigenvalue weighted by molar-refractivity contribution is 9.09. The minimum Gasteiger partial charge on any atom is -0.395 e. The second-order valence-corrected chi connectivity index (χ2v) is 12.2. The Hall–Kier alpha value is -2.36. The fraction of sp³-hybridized carbons (Fsp3) is 0.423. The Morgan fingerprint density at radius 2 is 1.77 bits per heavy atom. The van der Waals surface area contributed by atoms with Crippen LogP contribution in [-0.2, 0) is 14.4 Å². The van der Waals surface area contributed by atoms with E-state index in [1.165, 1.54) is 4.90 Å². The Balaban J connectivity index is 1.50. The van der Waals surface area contributed by atoms with Gasteiger partial charge < -0.3 is 20.6 Å². The molecule has 5 rings (SSSR count). The molecule has 0 aromatic heterocycles. The van der Waals surface area contributed by atoms with Crippen molar-refractivity contribution in [2.24, 2.45) is 11.8 Å².